The van der Waals surface area contributed by atoms with E-state index in [0.29, 0.717) is 25.9 Å². The maximum Gasteiger partial charge on any atom is 0.223 e. The van der Waals surface area contributed by atoms with Crippen LogP contribution in [0.15, 0.2) is 53.7 Å². The van der Waals surface area contributed by atoms with Crippen LogP contribution < -0.4 is 4.74 Å². The predicted octanol–water partition coefficient (Wildman–Crippen LogP) is 4.79. The molecule has 0 fully saturated rings. The molecule has 1 atom stereocenters. The Hall–Kier alpha value is -2.89. The third kappa shape index (κ3) is 6.05. The predicted molar refractivity (Wildman–Crippen MR) is 115 cm³/mol. The summed E-state index contributed by atoms with van der Waals surface area (Å²) in [6, 6.07) is 14.0. The zero-order valence-electron chi connectivity index (χ0n) is 18.0. The number of carbonyl (C=O) groups excluding carboxylic acids is 1. The van der Waals surface area contributed by atoms with Gasteiger partial charge >= 0.3 is 0 Å². The minimum absolute atomic E-state index is 0.0215. The van der Waals surface area contributed by atoms with E-state index in [0.717, 1.165) is 22.6 Å². The molecule has 0 spiro atoms. The first kappa shape index (κ1) is 21.8. The molecular weight excluding hydrogens is 383 g/mol. The number of rotatable bonds is 7. The van der Waals surface area contributed by atoms with Gasteiger partial charge < -0.3 is 14.5 Å². The third-order valence-corrected chi connectivity index (χ3v) is 4.88. The number of hydrogen-bond acceptors (Lipinski definition) is 4. The van der Waals surface area contributed by atoms with Gasteiger partial charge in [0.25, 0.3) is 0 Å². The second-order valence-electron chi connectivity index (χ2n) is 8.84. The lowest BCUT2D eigenvalue weighted by Crippen LogP contribution is -2.38. The fourth-order valence-electron chi connectivity index (χ4n) is 3.40. The van der Waals surface area contributed by atoms with E-state index in [2.05, 4.69) is 5.16 Å². The van der Waals surface area contributed by atoms with Crippen LogP contribution in [-0.4, -0.2) is 36.3 Å². The topological polar surface area (TPSA) is 51.1 Å². The fourth-order valence-corrected chi connectivity index (χ4v) is 3.40. The molecule has 0 saturated carbocycles. The maximum absolute atomic E-state index is 13.6. The van der Waals surface area contributed by atoms with Crippen molar-refractivity contribution < 1.29 is 18.8 Å². The molecule has 1 amide bonds. The molecule has 0 N–H and O–H groups in total. The average Bonchev–Trinajstić information content (AvgIpc) is 3.15. The van der Waals surface area contributed by atoms with Gasteiger partial charge in [-0.05, 0) is 52.9 Å². The Balaban J connectivity index is 1.69. The number of amides is 1. The van der Waals surface area contributed by atoms with E-state index in [1.807, 2.05) is 51.1 Å². The Morgan fingerprint density at radius 2 is 1.97 bits per heavy atom. The van der Waals surface area contributed by atoms with Crippen LogP contribution in [0, 0.1) is 11.2 Å². The summed E-state index contributed by atoms with van der Waals surface area (Å²) in [4.78, 5) is 20.4. The van der Waals surface area contributed by atoms with Gasteiger partial charge in [-0.15, -0.1) is 0 Å². The fraction of sp³-hybridized carbons (Fsp3) is 0.417. The Morgan fingerprint density at radius 1 is 1.23 bits per heavy atom. The number of nitrogens with zero attached hydrogens (tertiary/aromatic N) is 2. The molecule has 0 aromatic heterocycles. The highest BCUT2D eigenvalue weighted by molar-refractivity contribution is 6.01. The van der Waals surface area contributed by atoms with Gasteiger partial charge in [0.15, 0.2) is 6.10 Å². The van der Waals surface area contributed by atoms with Crippen molar-refractivity contribution in [1.29, 1.82) is 0 Å². The zero-order valence-corrected chi connectivity index (χ0v) is 18.0. The van der Waals surface area contributed by atoms with Gasteiger partial charge in [0, 0.05) is 19.4 Å². The van der Waals surface area contributed by atoms with Crippen molar-refractivity contribution in [2.24, 2.45) is 10.6 Å². The van der Waals surface area contributed by atoms with Crippen LogP contribution in [0.5, 0.6) is 5.75 Å². The largest absolute Gasteiger partial charge is 0.497 e. The van der Waals surface area contributed by atoms with Crippen LogP contribution in [0.3, 0.4) is 0 Å². The number of benzene rings is 2. The standard InChI is InChI=1S/C24H29FN2O3/c1-24(2,3)14-23(28)27(15-17-6-5-7-19(25)12-17)16-21-13-22(26-30-21)18-8-10-20(29-4)11-9-18/h5-12,21H,13-16H2,1-4H3/t21-/m1/s1. The Kier molecular flexibility index (Phi) is 6.75. The van der Waals surface area contributed by atoms with Crippen LogP contribution >= 0.6 is 0 Å². The van der Waals surface area contributed by atoms with Crippen molar-refractivity contribution in [2.45, 2.75) is 46.3 Å². The molecular formula is C24H29FN2O3. The van der Waals surface area contributed by atoms with Crippen LogP contribution in [0.2, 0.25) is 0 Å². The summed E-state index contributed by atoms with van der Waals surface area (Å²) >= 11 is 0. The van der Waals surface area contributed by atoms with E-state index in [-0.39, 0.29) is 23.2 Å². The maximum atomic E-state index is 13.6. The van der Waals surface area contributed by atoms with Gasteiger partial charge in [-0.3, -0.25) is 4.79 Å². The lowest BCUT2D eigenvalue weighted by atomic mass is 9.91. The van der Waals surface area contributed by atoms with E-state index >= 15 is 0 Å². The molecule has 0 saturated heterocycles. The van der Waals surface area contributed by atoms with Crippen LogP contribution in [0.25, 0.3) is 0 Å². The summed E-state index contributed by atoms with van der Waals surface area (Å²) in [6.45, 7) is 6.83. The number of ether oxygens (including phenoxy) is 1. The molecule has 2 aromatic carbocycles. The summed E-state index contributed by atoms with van der Waals surface area (Å²) in [5.41, 5.74) is 2.43. The van der Waals surface area contributed by atoms with E-state index in [1.165, 1.54) is 12.1 Å². The summed E-state index contributed by atoms with van der Waals surface area (Å²) in [5, 5.41) is 4.23. The van der Waals surface area contributed by atoms with Gasteiger partial charge in [0.05, 0.1) is 19.4 Å². The number of oxime groups is 1. The van der Waals surface area contributed by atoms with Crippen molar-refractivity contribution in [3.05, 3.63) is 65.5 Å². The van der Waals surface area contributed by atoms with Gasteiger partial charge in [-0.1, -0.05) is 38.1 Å². The van der Waals surface area contributed by atoms with Crippen molar-refractivity contribution >= 4 is 11.6 Å². The molecule has 6 heteroatoms. The molecule has 1 aliphatic heterocycles. The van der Waals surface area contributed by atoms with Crippen LogP contribution in [0.1, 0.15) is 44.7 Å². The van der Waals surface area contributed by atoms with E-state index in [9.17, 15) is 9.18 Å². The smallest absolute Gasteiger partial charge is 0.223 e. The summed E-state index contributed by atoms with van der Waals surface area (Å²) in [6.07, 6.45) is 0.773. The molecule has 0 radical (unpaired) electrons. The number of methoxy groups -OCH3 is 1. The highest BCUT2D eigenvalue weighted by Gasteiger charge is 2.28. The highest BCUT2D eigenvalue weighted by Crippen LogP contribution is 2.24. The van der Waals surface area contributed by atoms with E-state index in [4.69, 9.17) is 9.57 Å². The summed E-state index contributed by atoms with van der Waals surface area (Å²) in [5.74, 6) is 0.495. The first-order valence-electron chi connectivity index (χ1n) is 10.1. The molecule has 2 aromatic rings. The Bertz CT molecular complexity index is 903. The first-order valence-corrected chi connectivity index (χ1v) is 10.1. The normalized spacial score (nSPS) is 16.0. The SMILES string of the molecule is COc1ccc(C2=NO[C@@H](CN(Cc3cccc(F)c3)C(=O)CC(C)(C)C)C2)cc1. The summed E-state index contributed by atoms with van der Waals surface area (Å²) in [7, 11) is 1.63. The zero-order chi connectivity index (χ0) is 21.7. The quantitative estimate of drug-likeness (QED) is 0.657. The molecule has 5 nitrogen and oxygen atoms in total. The van der Waals surface area contributed by atoms with Gasteiger partial charge in [-0.25, -0.2) is 4.39 Å². The summed E-state index contributed by atoms with van der Waals surface area (Å²) < 4.78 is 18.8. The van der Waals surface area contributed by atoms with Crippen molar-refractivity contribution in [2.75, 3.05) is 13.7 Å². The van der Waals surface area contributed by atoms with Crippen molar-refractivity contribution in [3.63, 3.8) is 0 Å². The lowest BCUT2D eigenvalue weighted by Gasteiger charge is -2.28. The Labute approximate surface area is 177 Å². The van der Waals surface area contributed by atoms with E-state index < -0.39 is 0 Å². The number of hydrogen-bond donors (Lipinski definition) is 0. The van der Waals surface area contributed by atoms with Crippen molar-refractivity contribution in [1.82, 2.24) is 4.90 Å². The Morgan fingerprint density at radius 3 is 2.60 bits per heavy atom. The van der Waals surface area contributed by atoms with Crippen LogP contribution in [-0.2, 0) is 16.2 Å². The first-order chi connectivity index (χ1) is 14.2. The number of halogens is 1. The minimum Gasteiger partial charge on any atom is -0.497 e. The van der Waals surface area contributed by atoms with Gasteiger partial charge in [0.1, 0.15) is 11.6 Å². The highest BCUT2D eigenvalue weighted by atomic mass is 19.1. The second kappa shape index (κ2) is 9.28. The molecule has 0 unspecified atom stereocenters. The molecule has 1 heterocycles. The second-order valence-corrected chi connectivity index (χ2v) is 8.84. The average molecular weight is 413 g/mol. The molecule has 0 bridgehead atoms. The minimum atomic E-state index is -0.307. The lowest BCUT2D eigenvalue weighted by molar-refractivity contribution is -0.135. The van der Waals surface area contributed by atoms with Crippen LogP contribution in [0.4, 0.5) is 4.39 Å². The third-order valence-electron chi connectivity index (χ3n) is 4.88. The van der Waals surface area contributed by atoms with Gasteiger partial charge in [0.2, 0.25) is 5.91 Å². The van der Waals surface area contributed by atoms with E-state index in [1.54, 1.807) is 18.1 Å². The molecule has 3 rings (SSSR count). The molecule has 0 aliphatic carbocycles. The van der Waals surface area contributed by atoms with Crippen molar-refractivity contribution in [3.8, 4) is 5.75 Å². The molecule has 30 heavy (non-hydrogen) atoms. The monoisotopic (exact) mass is 412 g/mol. The number of carbonyl (C=O) groups is 1. The molecule has 1 aliphatic rings. The van der Waals surface area contributed by atoms with Gasteiger partial charge in [-0.2, -0.15) is 0 Å². The molecule has 160 valence electrons.